The predicted molar refractivity (Wildman–Crippen MR) is 110 cm³/mol. The monoisotopic (exact) mass is 394 g/mol. The highest BCUT2D eigenvalue weighted by Crippen LogP contribution is 2.34. The first kappa shape index (κ1) is 19.3. The summed E-state index contributed by atoms with van der Waals surface area (Å²) in [6.45, 7) is 5.20. The lowest BCUT2D eigenvalue weighted by Gasteiger charge is -2.25. The Balaban J connectivity index is 1.50. The molecule has 4 rings (SSSR count). The standard InChI is InChI=1S/C23H26N2O4/c1-14(2)21(16-8-9-19-20(13-16)29-11-10-28-19)25-23(27)17-4-3-5-18(12-17)24-22(26)15-6-7-15/h3-5,8-9,12-15,21H,6-7,10-11H2,1-2H3,(H,24,26)(H,25,27). The summed E-state index contributed by atoms with van der Waals surface area (Å²) in [5.41, 5.74) is 2.13. The maximum absolute atomic E-state index is 12.9. The molecule has 29 heavy (non-hydrogen) atoms. The van der Waals surface area contributed by atoms with Crippen LogP contribution in [0.25, 0.3) is 0 Å². The van der Waals surface area contributed by atoms with Gasteiger partial charge in [-0.2, -0.15) is 0 Å². The highest BCUT2D eigenvalue weighted by molar-refractivity contribution is 5.98. The fourth-order valence-electron chi connectivity index (χ4n) is 3.44. The van der Waals surface area contributed by atoms with Gasteiger partial charge in [-0.15, -0.1) is 0 Å². The molecule has 2 aromatic rings. The van der Waals surface area contributed by atoms with Gasteiger partial charge in [-0.25, -0.2) is 0 Å². The normalized spacial score (nSPS) is 16.2. The minimum atomic E-state index is -0.180. The van der Waals surface area contributed by atoms with Crippen LogP contribution in [-0.2, 0) is 4.79 Å². The Morgan fingerprint density at radius 2 is 1.76 bits per heavy atom. The van der Waals surface area contributed by atoms with E-state index in [0.29, 0.717) is 30.2 Å². The number of amides is 2. The van der Waals surface area contributed by atoms with Gasteiger partial charge < -0.3 is 20.1 Å². The molecule has 1 fully saturated rings. The van der Waals surface area contributed by atoms with Crippen molar-refractivity contribution in [2.24, 2.45) is 11.8 Å². The Bertz CT molecular complexity index is 921. The summed E-state index contributed by atoms with van der Waals surface area (Å²) in [6, 6.07) is 12.7. The summed E-state index contributed by atoms with van der Waals surface area (Å²) < 4.78 is 11.3. The van der Waals surface area contributed by atoms with E-state index in [1.54, 1.807) is 24.3 Å². The number of nitrogens with one attached hydrogen (secondary N) is 2. The molecule has 1 aliphatic carbocycles. The molecule has 6 heteroatoms. The third kappa shape index (κ3) is 4.53. The fraction of sp³-hybridized carbons (Fsp3) is 0.391. The third-order valence-corrected chi connectivity index (χ3v) is 5.22. The fourth-order valence-corrected chi connectivity index (χ4v) is 3.44. The molecule has 152 valence electrons. The van der Waals surface area contributed by atoms with Crippen LogP contribution in [0, 0.1) is 11.8 Å². The molecule has 1 aliphatic heterocycles. The maximum atomic E-state index is 12.9. The molecule has 0 aromatic heterocycles. The van der Waals surface area contributed by atoms with Crippen LogP contribution in [0.15, 0.2) is 42.5 Å². The Morgan fingerprint density at radius 3 is 2.48 bits per heavy atom. The Morgan fingerprint density at radius 1 is 1.00 bits per heavy atom. The highest BCUT2D eigenvalue weighted by Gasteiger charge is 2.29. The molecule has 2 amide bonds. The quantitative estimate of drug-likeness (QED) is 0.778. The van der Waals surface area contributed by atoms with Gasteiger partial charge in [0, 0.05) is 17.2 Å². The zero-order chi connectivity index (χ0) is 20.4. The van der Waals surface area contributed by atoms with Gasteiger partial charge in [0.25, 0.3) is 5.91 Å². The van der Waals surface area contributed by atoms with Gasteiger partial charge in [-0.1, -0.05) is 26.0 Å². The second-order valence-corrected chi connectivity index (χ2v) is 7.94. The summed E-state index contributed by atoms with van der Waals surface area (Å²) in [7, 11) is 0. The number of carbonyl (C=O) groups is 2. The summed E-state index contributed by atoms with van der Waals surface area (Å²) in [4.78, 5) is 24.9. The summed E-state index contributed by atoms with van der Waals surface area (Å²) in [5, 5.41) is 6.02. The first-order chi connectivity index (χ1) is 14.0. The van der Waals surface area contributed by atoms with Gasteiger partial charge in [0.1, 0.15) is 13.2 Å². The van der Waals surface area contributed by atoms with Gasteiger partial charge in [-0.3, -0.25) is 9.59 Å². The van der Waals surface area contributed by atoms with Crippen LogP contribution in [0.4, 0.5) is 5.69 Å². The van der Waals surface area contributed by atoms with E-state index in [4.69, 9.17) is 9.47 Å². The second kappa shape index (κ2) is 8.15. The largest absolute Gasteiger partial charge is 0.486 e. The zero-order valence-corrected chi connectivity index (χ0v) is 16.7. The molecular weight excluding hydrogens is 368 g/mol. The lowest BCUT2D eigenvalue weighted by Crippen LogP contribution is -2.32. The van der Waals surface area contributed by atoms with Gasteiger partial charge in [0.15, 0.2) is 11.5 Å². The maximum Gasteiger partial charge on any atom is 0.251 e. The Hall–Kier alpha value is -3.02. The van der Waals surface area contributed by atoms with Gasteiger partial charge >= 0.3 is 0 Å². The molecule has 0 radical (unpaired) electrons. The van der Waals surface area contributed by atoms with Crippen molar-refractivity contribution in [3.8, 4) is 11.5 Å². The predicted octanol–water partition coefficient (Wildman–Crippen LogP) is 3.93. The number of carbonyl (C=O) groups excluding carboxylic acids is 2. The van der Waals surface area contributed by atoms with Crippen LogP contribution in [0.5, 0.6) is 11.5 Å². The average molecular weight is 394 g/mol. The van der Waals surface area contributed by atoms with Crippen molar-refractivity contribution in [1.82, 2.24) is 5.32 Å². The topological polar surface area (TPSA) is 76.7 Å². The van der Waals surface area contributed by atoms with Crippen LogP contribution in [-0.4, -0.2) is 25.0 Å². The van der Waals surface area contributed by atoms with Gasteiger partial charge in [0.2, 0.25) is 5.91 Å². The van der Waals surface area contributed by atoms with Crippen molar-refractivity contribution < 1.29 is 19.1 Å². The van der Waals surface area contributed by atoms with Gasteiger partial charge in [0.05, 0.1) is 6.04 Å². The molecule has 0 saturated heterocycles. The number of rotatable bonds is 6. The highest BCUT2D eigenvalue weighted by atomic mass is 16.6. The molecule has 2 aliphatic rings. The molecule has 6 nitrogen and oxygen atoms in total. The Labute approximate surface area is 170 Å². The van der Waals surface area contributed by atoms with E-state index in [-0.39, 0.29) is 29.7 Å². The molecule has 1 heterocycles. The van der Waals surface area contributed by atoms with Crippen molar-refractivity contribution in [2.75, 3.05) is 18.5 Å². The SMILES string of the molecule is CC(C)C(NC(=O)c1cccc(NC(=O)C2CC2)c1)c1ccc2c(c1)OCCO2. The minimum absolute atomic E-state index is 0.0268. The van der Waals surface area contributed by atoms with Gasteiger partial charge in [-0.05, 0) is 54.7 Å². The average Bonchev–Trinajstić information content (AvgIpc) is 3.57. The first-order valence-electron chi connectivity index (χ1n) is 10.1. The molecular formula is C23H26N2O4. The van der Waals surface area contributed by atoms with Crippen molar-refractivity contribution in [1.29, 1.82) is 0 Å². The van der Waals surface area contributed by atoms with Crippen LogP contribution in [0.1, 0.15) is 48.7 Å². The third-order valence-electron chi connectivity index (χ3n) is 5.22. The van der Waals surface area contributed by atoms with Crippen LogP contribution >= 0.6 is 0 Å². The summed E-state index contributed by atoms with van der Waals surface area (Å²) >= 11 is 0. The van der Waals surface area contributed by atoms with Crippen molar-refractivity contribution in [2.45, 2.75) is 32.7 Å². The molecule has 2 N–H and O–H groups in total. The molecule has 0 bridgehead atoms. The first-order valence-corrected chi connectivity index (χ1v) is 10.1. The van der Waals surface area contributed by atoms with Crippen LogP contribution < -0.4 is 20.1 Å². The number of fused-ring (bicyclic) bond motifs is 1. The molecule has 1 atom stereocenters. The smallest absolute Gasteiger partial charge is 0.251 e. The number of hydrogen-bond donors (Lipinski definition) is 2. The van der Waals surface area contributed by atoms with Crippen molar-refractivity contribution in [3.05, 3.63) is 53.6 Å². The van der Waals surface area contributed by atoms with Crippen molar-refractivity contribution >= 4 is 17.5 Å². The molecule has 0 spiro atoms. The molecule has 1 unspecified atom stereocenters. The van der Waals surface area contributed by atoms with Crippen molar-refractivity contribution in [3.63, 3.8) is 0 Å². The van der Waals surface area contributed by atoms with Crippen LogP contribution in [0.3, 0.4) is 0 Å². The Kier molecular flexibility index (Phi) is 5.43. The number of hydrogen-bond acceptors (Lipinski definition) is 4. The minimum Gasteiger partial charge on any atom is -0.486 e. The van der Waals surface area contributed by atoms with E-state index in [1.165, 1.54) is 0 Å². The van der Waals surface area contributed by atoms with E-state index in [0.717, 1.165) is 24.2 Å². The molecule has 1 saturated carbocycles. The summed E-state index contributed by atoms with van der Waals surface area (Å²) in [6.07, 6.45) is 1.88. The van der Waals surface area contributed by atoms with E-state index in [1.807, 2.05) is 18.2 Å². The zero-order valence-electron chi connectivity index (χ0n) is 16.7. The van der Waals surface area contributed by atoms with E-state index >= 15 is 0 Å². The second-order valence-electron chi connectivity index (χ2n) is 7.94. The number of ether oxygens (including phenoxy) is 2. The lowest BCUT2D eigenvalue weighted by molar-refractivity contribution is -0.117. The van der Waals surface area contributed by atoms with Crippen LogP contribution in [0.2, 0.25) is 0 Å². The van der Waals surface area contributed by atoms with E-state index in [9.17, 15) is 9.59 Å². The summed E-state index contributed by atoms with van der Waals surface area (Å²) in [5.74, 6) is 1.58. The molecule has 2 aromatic carbocycles. The van der Waals surface area contributed by atoms with E-state index < -0.39 is 0 Å². The number of benzene rings is 2. The van der Waals surface area contributed by atoms with E-state index in [2.05, 4.69) is 24.5 Å². The number of anilines is 1. The lowest BCUT2D eigenvalue weighted by atomic mass is 9.95.